The van der Waals surface area contributed by atoms with Gasteiger partial charge >= 0.3 is 0 Å². The van der Waals surface area contributed by atoms with E-state index in [9.17, 15) is 4.39 Å². The summed E-state index contributed by atoms with van der Waals surface area (Å²) < 4.78 is 19.0. The highest BCUT2D eigenvalue weighted by atomic mass is 19.1. The van der Waals surface area contributed by atoms with Crippen LogP contribution in [0.25, 0.3) is 0 Å². The number of rotatable bonds is 3. The van der Waals surface area contributed by atoms with Crippen molar-refractivity contribution in [2.75, 3.05) is 0 Å². The third-order valence-corrected chi connectivity index (χ3v) is 2.93. The lowest BCUT2D eigenvalue weighted by Gasteiger charge is -2.09. The Labute approximate surface area is 107 Å². The summed E-state index contributed by atoms with van der Waals surface area (Å²) in [5, 5.41) is 0. The van der Waals surface area contributed by atoms with Crippen LogP contribution >= 0.6 is 0 Å². The Kier molecular flexibility index (Phi) is 3.66. The quantitative estimate of drug-likeness (QED) is 0.734. The molecule has 0 unspecified atom stereocenters. The smallest absolute Gasteiger partial charge is 0.130 e. The normalized spacial score (nSPS) is 10.7. The molecule has 0 amide bonds. The highest BCUT2D eigenvalue weighted by molar-refractivity contribution is 5.35. The summed E-state index contributed by atoms with van der Waals surface area (Å²) >= 11 is 0. The topological polar surface area (TPSA) is 9.23 Å². The minimum atomic E-state index is -0.244. The first-order valence-corrected chi connectivity index (χ1v) is 6.10. The zero-order valence-electron chi connectivity index (χ0n) is 10.9. The van der Waals surface area contributed by atoms with E-state index in [2.05, 4.69) is 13.8 Å². The van der Waals surface area contributed by atoms with E-state index in [1.807, 2.05) is 24.3 Å². The number of hydrogen-bond acceptors (Lipinski definition) is 1. The van der Waals surface area contributed by atoms with Crippen molar-refractivity contribution in [3.63, 3.8) is 0 Å². The molecule has 0 aliphatic heterocycles. The molecule has 0 atom stereocenters. The van der Waals surface area contributed by atoms with Gasteiger partial charge in [-0.3, -0.25) is 0 Å². The maximum absolute atomic E-state index is 13.4. The van der Waals surface area contributed by atoms with Gasteiger partial charge < -0.3 is 4.74 Å². The lowest BCUT2D eigenvalue weighted by atomic mass is 10.0. The van der Waals surface area contributed by atoms with E-state index in [0.29, 0.717) is 17.2 Å². The Balaban J connectivity index is 2.15. The van der Waals surface area contributed by atoms with Crippen LogP contribution in [0.5, 0.6) is 11.5 Å². The van der Waals surface area contributed by atoms with Crippen LogP contribution in [0.2, 0.25) is 0 Å². The van der Waals surface area contributed by atoms with Gasteiger partial charge in [0.15, 0.2) is 0 Å². The van der Waals surface area contributed by atoms with Crippen LogP contribution in [0.15, 0.2) is 42.5 Å². The maximum Gasteiger partial charge on any atom is 0.130 e. The molecular formula is C16H17FO. The standard InChI is InChI=1S/C16H17FO/c1-11(2)13-5-8-14(9-6-13)18-15-7-4-12(3)16(17)10-15/h4-11H,1-3H3. The molecule has 0 aliphatic rings. The van der Waals surface area contributed by atoms with E-state index in [4.69, 9.17) is 4.74 Å². The minimum Gasteiger partial charge on any atom is -0.457 e. The van der Waals surface area contributed by atoms with Crippen LogP contribution in [0, 0.1) is 12.7 Å². The highest BCUT2D eigenvalue weighted by Gasteiger charge is 2.03. The van der Waals surface area contributed by atoms with E-state index < -0.39 is 0 Å². The maximum atomic E-state index is 13.4. The van der Waals surface area contributed by atoms with E-state index in [1.54, 1.807) is 19.1 Å². The third kappa shape index (κ3) is 2.89. The fourth-order valence-electron chi connectivity index (χ4n) is 1.69. The van der Waals surface area contributed by atoms with Gasteiger partial charge in [0, 0.05) is 6.07 Å². The summed E-state index contributed by atoms with van der Waals surface area (Å²) in [4.78, 5) is 0. The van der Waals surface area contributed by atoms with Gasteiger partial charge in [-0.25, -0.2) is 4.39 Å². The molecule has 18 heavy (non-hydrogen) atoms. The van der Waals surface area contributed by atoms with E-state index in [0.717, 1.165) is 5.75 Å². The van der Waals surface area contributed by atoms with E-state index >= 15 is 0 Å². The van der Waals surface area contributed by atoms with Crippen molar-refractivity contribution in [2.24, 2.45) is 0 Å². The Morgan fingerprint density at radius 1 is 0.944 bits per heavy atom. The second-order valence-electron chi connectivity index (χ2n) is 4.74. The van der Waals surface area contributed by atoms with Crippen molar-refractivity contribution in [3.8, 4) is 11.5 Å². The summed E-state index contributed by atoms with van der Waals surface area (Å²) in [5.74, 6) is 1.50. The molecule has 2 rings (SSSR count). The first-order valence-electron chi connectivity index (χ1n) is 6.10. The van der Waals surface area contributed by atoms with Gasteiger partial charge in [0.25, 0.3) is 0 Å². The monoisotopic (exact) mass is 244 g/mol. The number of aryl methyl sites for hydroxylation is 1. The summed E-state index contributed by atoms with van der Waals surface area (Å²) in [6, 6.07) is 12.8. The Morgan fingerprint density at radius 2 is 1.56 bits per heavy atom. The number of ether oxygens (including phenoxy) is 1. The van der Waals surface area contributed by atoms with Gasteiger partial charge in [-0.05, 0) is 42.2 Å². The molecule has 2 aromatic carbocycles. The molecule has 0 aliphatic carbocycles. The van der Waals surface area contributed by atoms with Crippen molar-refractivity contribution in [2.45, 2.75) is 26.7 Å². The fourth-order valence-corrected chi connectivity index (χ4v) is 1.69. The molecule has 0 saturated carbocycles. The molecule has 2 heteroatoms. The van der Waals surface area contributed by atoms with Crippen molar-refractivity contribution in [3.05, 3.63) is 59.4 Å². The van der Waals surface area contributed by atoms with Crippen LogP contribution in [0.1, 0.15) is 30.9 Å². The number of halogens is 1. The van der Waals surface area contributed by atoms with Gasteiger partial charge in [-0.1, -0.05) is 32.0 Å². The van der Waals surface area contributed by atoms with Crippen LogP contribution in [-0.4, -0.2) is 0 Å². The molecule has 0 heterocycles. The molecule has 0 saturated heterocycles. The first-order chi connectivity index (χ1) is 8.56. The van der Waals surface area contributed by atoms with Crippen molar-refractivity contribution < 1.29 is 9.13 Å². The summed E-state index contributed by atoms with van der Waals surface area (Å²) in [6.07, 6.45) is 0. The lowest BCUT2D eigenvalue weighted by molar-refractivity contribution is 0.475. The Morgan fingerprint density at radius 3 is 2.11 bits per heavy atom. The third-order valence-electron chi connectivity index (χ3n) is 2.93. The van der Waals surface area contributed by atoms with Gasteiger partial charge in [0.2, 0.25) is 0 Å². The zero-order chi connectivity index (χ0) is 13.1. The summed E-state index contributed by atoms with van der Waals surface area (Å²) in [7, 11) is 0. The molecule has 0 fully saturated rings. The zero-order valence-corrected chi connectivity index (χ0v) is 10.9. The predicted octanol–water partition coefficient (Wildman–Crippen LogP) is 5.05. The fraction of sp³-hybridized carbons (Fsp3) is 0.250. The second kappa shape index (κ2) is 5.21. The molecular weight excluding hydrogens is 227 g/mol. The van der Waals surface area contributed by atoms with E-state index in [-0.39, 0.29) is 5.82 Å². The average molecular weight is 244 g/mol. The number of hydrogen-bond donors (Lipinski definition) is 0. The minimum absolute atomic E-state index is 0.244. The van der Waals surface area contributed by atoms with Crippen molar-refractivity contribution in [1.82, 2.24) is 0 Å². The molecule has 0 spiro atoms. The number of benzene rings is 2. The average Bonchev–Trinajstić information content (AvgIpc) is 2.34. The van der Waals surface area contributed by atoms with Gasteiger partial charge in [-0.15, -0.1) is 0 Å². The molecule has 2 aromatic rings. The van der Waals surface area contributed by atoms with Crippen LogP contribution in [-0.2, 0) is 0 Å². The summed E-state index contributed by atoms with van der Waals surface area (Å²) in [6.45, 7) is 6.02. The van der Waals surface area contributed by atoms with E-state index in [1.165, 1.54) is 11.6 Å². The molecule has 0 aromatic heterocycles. The van der Waals surface area contributed by atoms with Crippen molar-refractivity contribution >= 4 is 0 Å². The van der Waals surface area contributed by atoms with Gasteiger partial charge in [0.1, 0.15) is 17.3 Å². The highest BCUT2D eigenvalue weighted by Crippen LogP contribution is 2.25. The summed E-state index contributed by atoms with van der Waals surface area (Å²) in [5.41, 5.74) is 1.88. The van der Waals surface area contributed by atoms with Crippen LogP contribution < -0.4 is 4.74 Å². The molecule has 0 bridgehead atoms. The molecule has 1 nitrogen and oxygen atoms in total. The molecule has 0 radical (unpaired) electrons. The Bertz CT molecular complexity index is 529. The molecule has 94 valence electrons. The van der Waals surface area contributed by atoms with Crippen LogP contribution in [0.3, 0.4) is 0 Å². The van der Waals surface area contributed by atoms with Gasteiger partial charge in [-0.2, -0.15) is 0 Å². The van der Waals surface area contributed by atoms with Gasteiger partial charge in [0.05, 0.1) is 0 Å². The second-order valence-corrected chi connectivity index (χ2v) is 4.74. The first kappa shape index (κ1) is 12.6. The predicted molar refractivity (Wildman–Crippen MR) is 71.7 cm³/mol. The largest absolute Gasteiger partial charge is 0.457 e. The van der Waals surface area contributed by atoms with Crippen molar-refractivity contribution in [1.29, 1.82) is 0 Å². The Hall–Kier alpha value is -1.83. The lowest BCUT2D eigenvalue weighted by Crippen LogP contribution is -1.89. The molecule has 0 N–H and O–H groups in total. The SMILES string of the molecule is Cc1ccc(Oc2ccc(C(C)C)cc2)cc1F. The van der Waals surface area contributed by atoms with Crippen LogP contribution in [0.4, 0.5) is 4.39 Å².